The van der Waals surface area contributed by atoms with Gasteiger partial charge in [-0.15, -0.1) is 0 Å². The van der Waals surface area contributed by atoms with Gasteiger partial charge in [0, 0.05) is 17.1 Å². The first kappa shape index (κ1) is 16.8. The first-order valence-electron chi connectivity index (χ1n) is 8.53. The largest absolute Gasteiger partial charge is 0.327 e. The van der Waals surface area contributed by atoms with Crippen LogP contribution in [0, 0.1) is 5.82 Å². The van der Waals surface area contributed by atoms with Crippen molar-refractivity contribution < 1.29 is 9.18 Å². The Labute approximate surface area is 156 Å². The zero-order valence-corrected chi connectivity index (χ0v) is 14.8. The van der Waals surface area contributed by atoms with Crippen molar-refractivity contribution >= 4 is 17.5 Å². The zero-order valence-electron chi connectivity index (χ0n) is 14.0. The molecule has 0 saturated heterocycles. The maximum absolute atomic E-state index is 13.4. The van der Waals surface area contributed by atoms with Crippen molar-refractivity contribution in [2.45, 2.75) is 12.5 Å². The molecule has 130 valence electrons. The molecule has 2 nitrogen and oxygen atoms in total. The Morgan fingerprint density at radius 2 is 1.65 bits per heavy atom. The van der Waals surface area contributed by atoms with Crippen LogP contribution in [0.15, 0.2) is 72.8 Å². The summed E-state index contributed by atoms with van der Waals surface area (Å²) in [5, 5.41) is 0.598. The van der Waals surface area contributed by atoms with E-state index in [0.717, 1.165) is 17.5 Å². The van der Waals surface area contributed by atoms with Gasteiger partial charge in [0.05, 0.1) is 6.04 Å². The maximum Gasteiger partial charge on any atom is 0.254 e. The predicted octanol–water partition coefficient (Wildman–Crippen LogP) is 5.27. The molecule has 0 spiro atoms. The summed E-state index contributed by atoms with van der Waals surface area (Å²) < 4.78 is 13.4. The molecule has 1 aliphatic rings. The van der Waals surface area contributed by atoms with E-state index in [0.29, 0.717) is 17.1 Å². The van der Waals surface area contributed by atoms with E-state index in [-0.39, 0.29) is 17.8 Å². The topological polar surface area (TPSA) is 20.3 Å². The summed E-state index contributed by atoms with van der Waals surface area (Å²) in [6.07, 6.45) is 0.799. The first-order valence-corrected chi connectivity index (χ1v) is 8.91. The van der Waals surface area contributed by atoms with Gasteiger partial charge < -0.3 is 4.90 Å². The van der Waals surface area contributed by atoms with Gasteiger partial charge in [-0.3, -0.25) is 4.79 Å². The lowest BCUT2D eigenvalue weighted by Gasteiger charge is -2.38. The highest BCUT2D eigenvalue weighted by Gasteiger charge is 2.32. The van der Waals surface area contributed by atoms with E-state index in [1.54, 1.807) is 36.4 Å². The standard InChI is InChI=1S/C22H17ClFNO/c23-18-9-5-17(6-10-18)22(26)25-14-13-15-3-1-2-4-20(15)21(25)16-7-11-19(24)12-8-16/h1-12,21H,13-14H2/t21-/m1/s1. The Balaban J connectivity index is 1.78. The van der Waals surface area contributed by atoms with Crippen LogP contribution in [0.25, 0.3) is 0 Å². The Morgan fingerprint density at radius 1 is 0.962 bits per heavy atom. The van der Waals surface area contributed by atoms with Gasteiger partial charge in [-0.1, -0.05) is 48.0 Å². The van der Waals surface area contributed by atoms with Crippen molar-refractivity contribution in [3.63, 3.8) is 0 Å². The number of nitrogens with zero attached hydrogens (tertiary/aromatic N) is 1. The van der Waals surface area contributed by atoms with Gasteiger partial charge in [0.25, 0.3) is 5.91 Å². The molecule has 0 N–H and O–H groups in total. The molecular formula is C22H17ClFNO. The molecule has 4 heteroatoms. The Bertz CT molecular complexity index is 937. The lowest BCUT2D eigenvalue weighted by atomic mass is 9.87. The second-order valence-corrected chi connectivity index (χ2v) is 6.84. The van der Waals surface area contributed by atoms with E-state index in [1.807, 2.05) is 23.1 Å². The number of amides is 1. The summed E-state index contributed by atoms with van der Waals surface area (Å²) in [7, 11) is 0. The van der Waals surface area contributed by atoms with Gasteiger partial charge in [-0.25, -0.2) is 4.39 Å². The van der Waals surface area contributed by atoms with Crippen LogP contribution in [0.4, 0.5) is 4.39 Å². The van der Waals surface area contributed by atoms with E-state index < -0.39 is 0 Å². The molecule has 0 radical (unpaired) electrons. The van der Waals surface area contributed by atoms with Crippen molar-refractivity contribution in [2.75, 3.05) is 6.54 Å². The first-order chi connectivity index (χ1) is 12.6. The van der Waals surface area contributed by atoms with Crippen molar-refractivity contribution in [1.29, 1.82) is 0 Å². The van der Waals surface area contributed by atoms with Crippen LogP contribution in [0.3, 0.4) is 0 Å². The Kier molecular flexibility index (Phi) is 4.48. The van der Waals surface area contributed by atoms with Crippen LogP contribution in [0.2, 0.25) is 5.02 Å². The molecule has 0 bridgehead atoms. The second-order valence-electron chi connectivity index (χ2n) is 6.41. The normalized spacial score (nSPS) is 16.2. The van der Waals surface area contributed by atoms with Gasteiger partial charge in [-0.05, 0) is 59.5 Å². The Hall–Kier alpha value is -2.65. The number of halogens is 2. The minimum Gasteiger partial charge on any atom is -0.327 e. The fourth-order valence-electron chi connectivity index (χ4n) is 3.55. The third-order valence-electron chi connectivity index (χ3n) is 4.82. The number of hydrogen-bond donors (Lipinski definition) is 0. The highest BCUT2D eigenvalue weighted by Crippen LogP contribution is 2.36. The number of carbonyl (C=O) groups excluding carboxylic acids is 1. The average molecular weight is 366 g/mol. The molecule has 26 heavy (non-hydrogen) atoms. The van der Waals surface area contributed by atoms with Crippen molar-refractivity contribution in [3.8, 4) is 0 Å². The quantitative estimate of drug-likeness (QED) is 0.606. The number of benzene rings is 3. The monoisotopic (exact) mass is 365 g/mol. The minimum atomic E-state index is -0.284. The van der Waals surface area contributed by atoms with Crippen molar-refractivity contribution in [2.24, 2.45) is 0 Å². The van der Waals surface area contributed by atoms with Crippen LogP contribution in [-0.4, -0.2) is 17.4 Å². The summed E-state index contributed by atoms with van der Waals surface area (Å²) in [6, 6.07) is 21.2. The van der Waals surface area contributed by atoms with Crippen LogP contribution in [0.1, 0.15) is 33.1 Å². The molecule has 0 aliphatic carbocycles. The summed E-state index contributed by atoms with van der Waals surface area (Å²) in [5.74, 6) is -0.334. The maximum atomic E-state index is 13.4. The van der Waals surface area contributed by atoms with Crippen LogP contribution < -0.4 is 0 Å². The summed E-state index contributed by atoms with van der Waals surface area (Å²) in [4.78, 5) is 15.0. The Morgan fingerprint density at radius 3 is 2.38 bits per heavy atom. The van der Waals surface area contributed by atoms with E-state index in [1.165, 1.54) is 17.7 Å². The molecule has 3 aromatic carbocycles. The molecule has 3 aromatic rings. The van der Waals surface area contributed by atoms with Gasteiger partial charge >= 0.3 is 0 Å². The number of rotatable bonds is 2. The minimum absolute atomic E-state index is 0.0505. The van der Waals surface area contributed by atoms with E-state index >= 15 is 0 Å². The summed E-state index contributed by atoms with van der Waals surface area (Å²) in [5.41, 5.74) is 3.82. The van der Waals surface area contributed by atoms with E-state index in [4.69, 9.17) is 11.6 Å². The zero-order chi connectivity index (χ0) is 18.1. The van der Waals surface area contributed by atoms with Gasteiger partial charge in [0.2, 0.25) is 0 Å². The highest BCUT2D eigenvalue weighted by atomic mass is 35.5. The molecule has 1 atom stereocenters. The molecule has 0 fully saturated rings. The SMILES string of the molecule is O=C(c1ccc(Cl)cc1)N1CCc2ccccc2[C@H]1c1ccc(F)cc1. The molecule has 0 unspecified atom stereocenters. The smallest absolute Gasteiger partial charge is 0.254 e. The van der Waals surface area contributed by atoms with Gasteiger partial charge in [-0.2, -0.15) is 0 Å². The molecule has 1 aliphatic heterocycles. The third-order valence-corrected chi connectivity index (χ3v) is 5.07. The average Bonchev–Trinajstić information content (AvgIpc) is 2.68. The van der Waals surface area contributed by atoms with E-state index in [9.17, 15) is 9.18 Å². The van der Waals surface area contributed by atoms with Crippen molar-refractivity contribution in [3.05, 3.63) is 106 Å². The highest BCUT2D eigenvalue weighted by molar-refractivity contribution is 6.30. The molecule has 0 aromatic heterocycles. The number of carbonyl (C=O) groups is 1. The molecule has 1 amide bonds. The summed E-state index contributed by atoms with van der Waals surface area (Å²) in [6.45, 7) is 0.612. The van der Waals surface area contributed by atoms with Gasteiger partial charge in [0.1, 0.15) is 5.82 Å². The van der Waals surface area contributed by atoms with Crippen molar-refractivity contribution in [1.82, 2.24) is 4.90 Å². The number of fused-ring (bicyclic) bond motifs is 1. The fourth-order valence-corrected chi connectivity index (χ4v) is 3.67. The van der Waals surface area contributed by atoms with Crippen LogP contribution >= 0.6 is 11.6 Å². The van der Waals surface area contributed by atoms with E-state index in [2.05, 4.69) is 6.07 Å². The molecule has 0 saturated carbocycles. The van der Waals surface area contributed by atoms with Crippen LogP contribution in [-0.2, 0) is 6.42 Å². The molecule has 4 rings (SSSR count). The molecule has 1 heterocycles. The lowest BCUT2D eigenvalue weighted by molar-refractivity contribution is 0.0694. The van der Waals surface area contributed by atoms with Crippen LogP contribution in [0.5, 0.6) is 0 Å². The predicted molar refractivity (Wildman–Crippen MR) is 101 cm³/mol. The summed E-state index contributed by atoms with van der Waals surface area (Å²) >= 11 is 5.95. The fraction of sp³-hybridized carbons (Fsp3) is 0.136. The van der Waals surface area contributed by atoms with Gasteiger partial charge in [0.15, 0.2) is 0 Å². The molecular weight excluding hydrogens is 349 g/mol. The third kappa shape index (κ3) is 3.11. The second kappa shape index (κ2) is 6.93. The number of hydrogen-bond acceptors (Lipinski definition) is 1. The lowest BCUT2D eigenvalue weighted by Crippen LogP contribution is -2.40.